The van der Waals surface area contributed by atoms with Gasteiger partial charge in [0, 0.05) is 5.69 Å². The number of methoxy groups -OCH3 is 2. The minimum absolute atomic E-state index is 0.115. The molecular weight excluding hydrogens is 262 g/mol. The van der Waals surface area contributed by atoms with Crippen LogP contribution in [0.5, 0.6) is 5.75 Å². The van der Waals surface area contributed by atoms with Gasteiger partial charge in [-0.15, -0.1) is 0 Å². The zero-order valence-corrected chi connectivity index (χ0v) is 12.1. The molecule has 20 heavy (non-hydrogen) atoms. The number of hydrogen-bond acceptors (Lipinski definition) is 6. The number of hydrogen-bond donors (Lipinski definition) is 1. The molecule has 0 atom stereocenters. The second kappa shape index (κ2) is 6.27. The fourth-order valence-electron chi connectivity index (χ4n) is 1.59. The van der Waals surface area contributed by atoms with E-state index in [0.717, 1.165) is 0 Å². The molecule has 1 rings (SSSR count). The highest BCUT2D eigenvalue weighted by Gasteiger charge is 2.31. The highest BCUT2D eigenvalue weighted by molar-refractivity contribution is 5.98. The van der Waals surface area contributed by atoms with E-state index in [2.05, 4.69) is 4.74 Å². The van der Waals surface area contributed by atoms with Crippen LogP contribution in [0, 0.1) is 5.41 Å². The lowest BCUT2D eigenvalue weighted by Gasteiger charge is -2.21. The summed E-state index contributed by atoms with van der Waals surface area (Å²) in [5.41, 5.74) is 5.22. The van der Waals surface area contributed by atoms with Crippen molar-refractivity contribution >= 4 is 17.6 Å². The zero-order valence-electron chi connectivity index (χ0n) is 12.1. The van der Waals surface area contributed by atoms with E-state index in [1.807, 2.05) is 0 Å². The molecule has 0 spiro atoms. The number of nitrogen functional groups attached to an aromatic ring is 1. The molecule has 2 N–H and O–H groups in total. The fraction of sp³-hybridized carbons (Fsp3) is 0.429. The molecule has 1 aromatic carbocycles. The van der Waals surface area contributed by atoms with Crippen LogP contribution < -0.4 is 10.5 Å². The lowest BCUT2D eigenvalue weighted by molar-refractivity contribution is -0.152. The number of ether oxygens (including phenoxy) is 3. The molecular formula is C14H19NO5. The number of carbonyl (C=O) groups is 2. The summed E-state index contributed by atoms with van der Waals surface area (Å²) in [5.74, 6) is -0.777. The molecule has 1 aromatic rings. The quantitative estimate of drug-likeness (QED) is 0.652. The molecule has 0 aromatic heterocycles. The van der Waals surface area contributed by atoms with Crippen LogP contribution in [0.4, 0.5) is 5.69 Å². The maximum atomic E-state index is 12.1. The van der Waals surface area contributed by atoms with Crippen molar-refractivity contribution in [2.45, 2.75) is 13.8 Å². The van der Waals surface area contributed by atoms with Crippen LogP contribution in [-0.2, 0) is 14.3 Å². The van der Waals surface area contributed by atoms with E-state index in [0.29, 0.717) is 5.75 Å². The summed E-state index contributed by atoms with van der Waals surface area (Å²) in [5, 5.41) is 0. The van der Waals surface area contributed by atoms with Gasteiger partial charge in [-0.2, -0.15) is 0 Å². The molecule has 0 amide bonds. The third kappa shape index (κ3) is 3.40. The summed E-state index contributed by atoms with van der Waals surface area (Å²) in [6, 6.07) is 4.85. The van der Waals surface area contributed by atoms with Crippen molar-refractivity contribution in [3.8, 4) is 5.75 Å². The summed E-state index contributed by atoms with van der Waals surface area (Å²) in [4.78, 5) is 23.6. The summed E-state index contributed by atoms with van der Waals surface area (Å²) in [6.07, 6.45) is 0. The van der Waals surface area contributed by atoms with Crippen LogP contribution in [0.2, 0.25) is 0 Å². The first-order chi connectivity index (χ1) is 9.33. The highest BCUT2D eigenvalue weighted by Crippen LogP contribution is 2.26. The van der Waals surface area contributed by atoms with Crippen LogP contribution in [0.25, 0.3) is 0 Å². The Hall–Kier alpha value is -2.24. The van der Waals surface area contributed by atoms with Crippen LogP contribution in [0.1, 0.15) is 24.2 Å². The smallest absolute Gasteiger partial charge is 0.344 e. The third-order valence-corrected chi connectivity index (χ3v) is 2.78. The Bertz CT molecular complexity index is 510. The Morgan fingerprint density at radius 3 is 2.45 bits per heavy atom. The summed E-state index contributed by atoms with van der Waals surface area (Å²) in [6.45, 7) is 3.13. The molecule has 0 radical (unpaired) electrons. The largest absolute Gasteiger partial charge is 0.496 e. The second-order valence-corrected chi connectivity index (χ2v) is 4.88. The summed E-state index contributed by atoms with van der Waals surface area (Å²) in [7, 11) is 2.72. The van der Waals surface area contributed by atoms with Gasteiger partial charge in [-0.3, -0.25) is 4.79 Å². The normalized spacial score (nSPS) is 10.8. The fourth-order valence-corrected chi connectivity index (χ4v) is 1.59. The van der Waals surface area contributed by atoms with Crippen molar-refractivity contribution in [2.24, 2.45) is 5.41 Å². The first kappa shape index (κ1) is 15.8. The molecule has 0 heterocycles. The van der Waals surface area contributed by atoms with E-state index < -0.39 is 17.4 Å². The van der Waals surface area contributed by atoms with E-state index in [1.54, 1.807) is 32.0 Å². The Morgan fingerprint density at radius 1 is 1.25 bits per heavy atom. The molecule has 6 nitrogen and oxygen atoms in total. The Balaban J connectivity index is 2.86. The van der Waals surface area contributed by atoms with Gasteiger partial charge in [0.1, 0.15) is 17.9 Å². The maximum absolute atomic E-state index is 12.1. The van der Waals surface area contributed by atoms with Crippen molar-refractivity contribution in [1.82, 2.24) is 0 Å². The minimum Gasteiger partial charge on any atom is -0.496 e. The number of rotatable bonds is 5. The standard InChI is InChI=1S/C14H19NO5/c1-14(2,13(17)19-4)8-20-12(16)11-9(15)6-5-7-10(11)18-3/h5-7H,8,15H2,1-4H3. The molecule has 0 bridgehead atoms. The Kier molecular flexibility index (Phi) is 4.96. The van der Waals surface area contributed by atoms with E-state index in [-0.39, 0.29) is 17.9 Å². The van der Waals surface area contributed by atoms with Gasteiger partial charge < -0.3 is 19.9 Å². The van der Waals surface area contributed by atoms with Crippen molar-refractivity contribution in [3.63, 3.8) is 0 Å². The van der Waals surface area contributed by atoms with Gasteiger partial charge in [0.25, 0.3) is 0 Å². The summed E-state index contributed by atoms with van der Waals surface area (Å²) >= 11 is 0. The third-order valence-electron chi connectivity index (χ3n) is 2.78. The van der Waals surface area contributed by atoms with Gasteiger partial charge >= 0.3 is 11.9 Å². The van der Waals surface area contributed by atoms with Gasteiger partial charge in [0.05, 0.1) is 19.6 Å². The van der Waals surface area contributed by atoms with Gasteiger partial charge in [0.2, 0.25) is 0 Å². The van der Waals surface area contributed by atoms with Gasteiger partial charge in [0.15, 0.2) is 0 Å². The molecule has 0 aliphatic heterocycles. The Morgan fingerprint density at radius 2 is 1.90 bits per heavy atom. The first-order valence-electron chi connectivity index (χ1n) is 6.01. The second-order valence-electron chi connectivity index (χ2n) is 4.88. The lowest BCUT2D eigenvalue weighted by atomic mass is 9.95. The number of anilines is 1. The highest BCUT2D eigenvalue weighted by atomic mass is 16.5. The molecule has 6 heteroatoms. The number of carbonyl (C=O) groups excluding carboxylic acids is 2. The predicted molar refractivity (Wildman–Crippen MR) is 73.5 cm³/mol. The molecule has 0 aliphatic rings. The predicted octanol–water partition coefficient (Wildman–Crippen LogP) is 1.63. The monoisotopic (exact) mass is 281 g/mol. The lowest BCUT2D eigenvalue weighted by Crippen LogP contribution is -2.32. The van der Waals surface area contributed by atoms with E-state index >= 15 is 0 Å². The molecule has 0 saturated carbocycles. The van der Waals surface area contributed by atoms with Crippen LogP contribution in [0.15, 0.2) is 18.2 Å². The average Bonchev–Trinajstić information content (AvgIpc) is 2.43. The SMILES string of the molecule is COC(=O)C(C)(C)COC(=O)c1c(N)cccc1OC. The maximum Gasteiger partial charge on any atom is 0.344 e. The number of nitrogens with two attached hydrogens (primary N) is 1. The van der Waals surface area contributed by atoms with E-state index in [4.69, 9.17) is 15.2 Å². The van der Waals surface area contributed by atoms with Gasteiger partial charge in [-0.05, 0) is 26.0 Å². The topological polar surface area (TPSA) is 87.9 Å². The van der Waals surface area contributed by atoms with Gasteiger partial charge in [-0.1, -0.05) is 6.07 Å². The van der Waals surface area contributed by atoms with Crippen molar-refractivity contribution in [2.75, 3.05) is 26.6 Å². The molecule has 110 valence electrons. The van der Waals surface area contributed by atoms with Crippen molar-refractivity contribution in [3.05, 3.63) is 23.8 Å². The first-order valence-corrected chi connectivity index (χ1v) is 6.01. The number of esters is 2. The van der Waals surface area contributed by atoms with E-state index in [9.17, 15) is 9.59 Å². The zero-order chi connectivity index (χ0) is 15.3. The van der Waals surface area contributed by atoms with Crippen LogP contribution in [0.3, 0.4) is 0 Å². The molecule has 0 fully saturated rings. The van der Waals surface area contributed by atoms with Gasteiger partial charge in [-0.25, -0.2) is 4.79 Å². The average molecular weight is 281 g/mol. The minimum atomic E-state index is -0.929. The van der Waals surface area contributed by atoms with Crippen LogP contribution >= 0.6 is 0 Å². The van der Waals surface area contributed by atoms with Crippen molar-refractivity contribution in [1.29, 1.82) is 0 Å². The molecule has 0 saturated heterocycles. The summed E-state index contributed by atoms with van der Waals surface area (Å²) < 4.78 is 14.9. The molecule has 0 aliphatic carbocycles. The number of benzene rings is 1. The molecule has 0 unspecified atom stereocenters. The van der Waals surface area contributed by atoms with E-state index in [1.165, 1.54) is 14.2 Å². The van der Waals surface area contributed by atoms with Crippen LogP contribution in [-0.4, -0.2) is 32.8 Å². The van der Waals surface area contributed by atoms with Crippen molar-refractivity contribution < 1.29 is 23.8 Å². The Labute approximate surface area is 117 Å².